The lowest BCUT2D eigenvalue weighted by Crippen LogP contribution is -2.47. The van der Waals surface area contributed by atoms with Crippen LogP contribution in [-0.4, -0.2) is 41.1 Å². The van der Waals surface area contributed by atoms with Crippen LogP contribution in [0.4, 0.5) is 10.1 Å². The third-order valence-corrected chi connectivity index (χ3v) is 6.69. The molecule has 2 aromatic rings. The van der Waals surface area contributed by atoms with Crippen LogP contribution in [0.15, 0.2) is 54.6 Å². The second kappa shape index (κ2) is 7.87. The average Bonchev–Trinajstić information content (AvgIpc) is 3.28. The van der Waals surface area contributed by atoms with E-state index < -0.39 is 35.2 Å². The molecule has 2 heterocycles. The Bertz CT molecular complexity index is 937. The number of anilines is 1. The molecular formula is C21H19FN2O4S. The second-order valence-electron chi connectivity index (χ2n) is 6.90. The molecule has 2 fully saturated rings. The van der Waals surface area contributed by atoms with Crippen molar-refractivity contribution in [2.45, 2.75) is 23.8 Å². The van der Waals surface area contributed by atoms with Gasteiger partial charge in [0.15, 0.2) is 6.61 Å². The Labute approximate surface area is 171 Å². The van der Waals surface area contributed by atoms with Crippen molar-refractivity contribution in [2.75, 3.05) is 17.7 Å². The SMILES string of the molecule is O=C(COC(=O)[C@@H]1CS[C@]2(c3ccccc3)CCC(=O)N12)Nc1ccc(F)cc1. The number of nitrogens with one attached hydrogen (secondary N) is 1. The van der Waals surface area contributed by atoms with Gasteiger partial charge in [-0.25, -0.2) is 9.18 Å². The van der Waals surface area contributed by atoms with Crippen molar-refractivity contribution in [1.82, 2.24) is 4.90 Å². The monoisotopic (exact) mass is 414 g/mol. The summed E-state index contributed by atoms with van der Waals surface area (Å²) in [4.78, 5) is 38.3. The quantitative estimate of drug-likeness (QED) is 0.762. The molecule has 150 valence electrons. The molecule has 0 saturated carbocycles. The van der Waals surface area contributed by atoms with E-state index in [-0.39, 0.29) is 5.91 Å². The fraction of sp³-hybridized carbons (Fsp3) is 0.286. The number of amides is 2. The van der Waals surface area contributed by atoms with Crippen molar-refractivity contribution < 1.29 is 23.5 Å². The van der Waals surface area contributed by atoms with Gasteiger partial charge in [-0.05, 0) is 36.2 Å². The number of hydrogen-bond donors (Lipinski definition) is 1. The number of benzene rings is 2. The van der Waals surface area contributed by atoms with Gasteiger partial charge in [-0.2, -0.15) is 0 Å². The zero-order valence-electron chi connectivity index (χ0n) is 15.5. The number of halogens is 1. The van der Waals surface area contributed by atoms with E-state index in [0.717, 1.165) is 5.56 Å². The Morgan fingerprint density at radius 3 is 2.62 bits per heavy atom. The predicted octanol–water partition coefficient (Wildman–Crippen LogP) is 2.90. The molecule has 2 amide bonds. The minimum atomic E-state index is -0.728. The molecule has 0 radical (unpaired) electrons. The Kier molecular flexibility index (Phi) is 5.27. The summed E-state index contributed by atoms with van der Waals surface area (Å²) in [6.45, 7) is -0.474. The number of nitrogens with zero attached hydrogens (tertiary/aromatic N) is 1. The summed E-state index contributed by atoms with van der Waals surface area (Å²) in [5.41, 5.74) is 1.39. The van der Waals surface area contributed by atoms with E-state index in [1.54, 1.807) is 16.7 Å². The zero-order valence-corrected chi connectivity index (χ0v) is 16.3. The summed E-state index contributed by atoms with van der Waals surface area (Å²) in [6, 6.07) is 14.2. The number of carbonyl (C=O) groups excluding carboxylic acids is 3. The molecule has 2 aromatic carbocycles. The Balaban J connectivity index is 1.41. The van der Waals surface area contributed by atoms with Crippen LogP contribution in [0.5, 0.6) is 0 Å². The molecule has 0 bridgehead atoms. The molecule has 4 rings (SSSR count). The van der Waals surface area contributed by atoms with Crippen LogP contribution in [0.3, 0.4) is 0 Å². The average molecular weight is 414 g/mol. The van der Waals surface area contributed by atoms with Gasteiger partial charge in [-0.1, -0.05) is 30.3 Å². The first-order valence-electron chi connectivity index (χ1n) is 9.23. The molecule has 2 aliphatic heterocycles. The molecule has 0 aromatic heterocycles. The number of ether oxygens (including phenoxy) is 1. The number of rotatable bonds is 5. The molecule has 8 heteroatoms. The van der Waals surface area contributed by atoms with Crippen molar-refractivity contribution in [1.29, 1.82) is 0 Å². The van der Waals surface area contributed by atoms with E-state index in [2.05, 4.69) is 5.32 Å². The highest BCUT2D eigenvalue weighted by atomic mass is 32.2. The molecule has 1 N–H and O–H groups in total. The summed E-state index contributed by atoms with van der Waals surface area (Å²) in [7, 11) is 0. The Morgan fingerprint density at radius 1 is 1.17 bits per heavy atom. The third-order valence-electron chi connectivity index (χ3n) is 5.10. The maximum Gasteiger partial charge on any atom is 0.330 e. The topological polar surface area (TPSA) is 75.7 Å². The second-order valence-corrected chi connectivity index (χ2v) is 8.20. The molecule has 0 unspecified atom stereocenters. The van der Waals surface area contributed by atoms with Crippen LogP contribution in [-0.2, 0) is 24.0 Å². The first-order valence-corrected chi connectivity index (χ1v) is 10.2. The molecule has 29 heavy (non-hydrogen) atoms. The van der Waals surface area contributed by atoms with Crippen LogP contribution in [0.25, 0.3) is 0 Å². The number of carbonyl (C=O) groups is 3. The lowest BCUT2D eigenvalue weighted by molar-refractivity contribution is -0.155. The zero-order chi connectivity index (χ0) is 20.4. The minimum absolute atomic E-state index is 0.0865. The highest BCUT2D eigenvalue weighted by Gasteiger charge is 2.57. The van der Waals surface area contributed by atoms with E-state index in [9.17, 15) is 18.8 Å². The van der Waals surface area contributed by atoms with Crippen LogP contribution in [0.2, 0.25) is 0 Å². The number of thioether (sulfide) groups is 1. The van der Waals surface area contributed by atoms with Crippen molar-refractivity contribution in [2.24, 2.45) is 0 Å². The highest BCUT2D eigenvalue weighted by Crippen LogP contribution is 2.54. The van der Waals surface area contributed by atoms with Gasteiger partial charge in [0.25, 0.3) is 5.91 Å². The van der Waals surface area contributed by atoms with Gasteiger partial charge < -0.3 is 15.0 Å². The summed E-state index contributed by atoms with van der Waals surface area (Å²) >= 11 is 1.56. The highest BCUT2D eigenvalue weighted by molar-refractivity contribution is 8.00. The van der Waals surface area contributed by atoms with Gasteiger partial charge in [-0.15, -0.1) is 11.8 Å². The summed E-state index contributed by atoms with van der Waals surface area (Å²) < 4.78 is 18.1. The summed E-state index contributed by atoms with van der Waals surface area (Å²) in [5.74, 6) is -1.21. The fourth-order valence-electron chi connectivity index (χ4n) is 3.78. The molecular weight excluding hydrogens is 395 g/mol. The first kappa shape index (κ1) is 19.4. The van der Waals surface area contributed by atoms with Crippen molar-refractivity contribution >= 4 is 35.2 Å². The molecule has 0 spiro atoms. The smallest absolute Gasteiger partial charge is 0.330 e. The molecule has 0 aliphatic carbocycles. The fourth-order valence-corrected chi connectivity index (χ4v) is 5.42. The first-order chi connectivity index (χ1) is 14.0. The normalized spacial score (nSPS) is 23.0. The maximum atomic E-state index is 12.9. The summed E-state index contributed by atoms with van der Waals surface area (Å²) in [5, 5.41) is 2.53. The number of esters is 1. The molecule has 2 aliphatic rings. The van der Waals surface area contributed by atoms with Crippen LogP contribution in [0, 0.1) is 5.82 Å². The Morgan fingerprint density at radius 2 is 1.90 bits per heavy atom. The van der Waals surface area contributed by atoms with Gasteiger partial charge in [-0.3, -0.25) is 9.59 Å². The van der Waals surface area contributed by atoms with Crippen LogP contribution >= 0.6 is 11.8 Å². The van der Waals surface area contributed by atoms with E-state index in [1.807, 2.05) is 30.3 Å². The van der Waals surface area contributed by atoms with Gasteiger partial charge in [0.05, 0.1) is 0 Å². The van der Waals surface area contributed by atoms with Gasteiger partial charge in [0.2, 0.25) is 5.91 Å². The lowest BCUT2D eigenvalue weighted by atomic mass is 10.0. The van der Waals surface area contributed by atoms with E-state index in [0.29, 0.717) is 24.3 Å². The van der Waals surface area contributed by atoms with Crippen LogP contribution < -0.4 is 5.32 Å². The van der Waals surface area contributed by atoms with Crippen molar-refractivity contribution in [3.63, 3.8) is 0 Å². The predicted molar refractivity (Wildman–Crippen MR) is 106 cm³/mol. The Hall–Kier alpha value is -2.87. The largest absolute Gasteiger partial charge is 0.454 e. The van der Waals surface area contributed by atoms with Gasteiger partial charge in [0, 0.05) is 17.9 Å². The standard InChI is InChI=1S/C21H19FN2O4S/c22-15-6-8-16(9-7-15)23-18(25)12-28-20(27)17-13-29-21(11-10-19(26)24(17)21)14-4-2-1-3-5-14/h1-9,17H,10-13H2,(H,23,25)/t17-,21-/m0/s1. The van der Waals surface area contributed by atoms with Gasteiger partial charge in [0.1, 0.15) is 16.7 Å². The van der Waals surface area contributed by atoms with Crippen molar-refractivity contribution in [3.05, 3.63) is 66.0 Å². The minimum Gasteiger partial charge on any atom is -0.454 e. The number of hydrogen-bond acceptors (Lipinski definition) is 5. The van der Waals surface area contributed by atoms with E-state index in [4.69, 9.17) is 4.74 Å². The molecule has 2 atom stereocenters. The van der Waals surface area contributed by atoms with E-state index >= 15 is 0 Å². The van der Waals surface area contributed by atoms with Crippen molar-refractivity contribution in [3.8, 4) is 0 Å². The maximum absolute atomic E-state index is 12.9. The summed E-state index contributed by atoms with van der Waals surface area (Å²) in [6.07, 6.45) is 1.01. The third kappa shape index (κ3) is 3.72. The van der Waals surface area contributed by atoms with Crippen LogP contribution in [0.1, 0.15) is 18.4 Å². The van der Waals surface area contributed by atoms with E-state index in [1.165, 1.54) is 24.3 Å². The molecule has 6 nitrogen and oxygen atoms in total. The molecule has 2 saturated heterocycles. The number of fused-ring (bicyclic) bond motifs is 1. The van der Waals surface area contributed by atoms with Gasteiger partial charge >= 0.3 is 5.97 Å². The lowest BCUT2D eigenvalue weighted by Gasteiger charge is -2.33.